The zero-order chi connectivity index (χ0) is 23.6. The second-order valence-corrected chi connectivity index (χ2v) is 7.88. The fraction of sp³-hybridized carbons (Fsp3) is 0.400. The van der Waals surface area contributed by atoms with Crippen molar-refractivity contribution in [1.29, 1.82) is 0 Å². The maximum Gasteiger partial charge on any atom is 0.263 e. The summed E-state index contributed by atoms with van der Waals surface area (Å²) in [5, 5.41) is 10.5. The average Bonchev–Trinajstić information content (AvgIpc) is 3.28. The molecule has 0 bridgehead atoms. The molecule has 1 heterocycles. The van der Waals surface area contributed by atoms with Crippen molar-refractivity contribution in [2.45, 2.75) is 46.5 Å². The highest BCUT2D eigenvalue weighted by molar-refractivity contribution is 5.94. The number of anilines is 1. The zero-order valence-corrected chi connectivity index (χ0v) is 19.6. The molecule has 0 atom stereocenters. The lowest BCUT2D eigenvalue weighted by Crippen LogP contribution is -2.20. The van der Waals surface area contributed by atoms with E-state index < -0.39 is 0 Å². The van der Waals surface area contributed by atoms with E-state index in [0.717, 1.165) is 12.8 Å². The van der Waals surface area contributed by atoms with Crippen LogP contribution in [0.25, 0.3) is 11.3 Å². The molecule has 3 aromatic rings. The number of hydrogen-bond donors (Lipinski definition) is 1. The van der Waals surface area contributed by atoms with Gasteiger partial charge in [0.2, 0.25) is 5.82 Å². The number of benzene rings is 2. The molecule has 1 aromatic heterocycles. The van der Waals surface area contributed by atoms with Crippen molar-refractivity contribution in [3.8, 4) is 28.5 Å². The molecule has 0 radical (unpaired) electrons. The quantitative estimate of drug-likeness (QED) is 0.389. The van der Waals surface area contributed by atoms with Crippen LogP contribution in [0.2, 0.25) is 0 Å². The maximum atomic E-state index is 12.4. The van der Waals surface area contributed by atoms with E-state index in [2.05, 4.69) is 29.5 Å². The number of ether oxygens (including phenoxy) is 3. The first-order chi connectivity index (χ1) is 16.0. The van der Waals surface area contributed by atoms with Gasteiger partial charge in [0, 0.05) is 5.56 Å². The van der Waals surface area contributed by atoms with Crippen molar-refractivity contribution in [1.82, 2.24) is 10.3 Å². The number of carbonyl (C=O) groups is 1. The van der Waals surface area contributed by atoms with E-state index in [4.69, 9.17) is 18.8 Å². The van der Waals surface area contributed by atoms with Crippen molar-refractivity contribution in [2.24, 2.45) is 0 Å². The lowest BCUT2D eigenvalue weighted by atomic mass is 10.0. The predicted molar refractivity (Wildman–Crippen MR) is 126 cm³/mol. The van der Waals surface area contributed by atoms with Crippen LogP contribution in [0.1, 0.15) is 52.0 Å². The molecule has 0 aliphatic rings. The molecule has 1 N–H and O–H groups in total. The minimum Gasteiger partial charge on any atom is -0.490 e. The Morgan fingerprint density at radius 3 is 2.30 bits per heavy atom. The van der Waals surface area contributed by atoms with Crippen LogP contribution in [-0.4, -0.2) is 36.0 Å². The largest absolute Gasteiger partial charge is 0.490 e. The number of carbonyl (C=O) groups excluding carboxylic acids is 1. The van der Waals surface area contributed by atoms with Crippen LogP contribution < -0.4 is 19.5 Å². The number of nitrogens with zero attached hydrogens (tertiary/aromatic N) is 2. The van der Waals surface area contributed by atoms with Gasteiger partial charge in [0.1, 0.15) is 5.75 Å². The second-order valence-electron chi connectivity index (χ2n) is 7.88. The summed E-state index contributed by atoms with van der Waals surface area (Å²) < 4.78 is 22.1. The van der Waals surface area contributed by atoms with Gasteiger partial charge >= 0.3 is 0 Å². The standard InChI is InChI=1S/C25H31N3O5/c1-5-13-30-21-12-9-19(15-22(21)31-14-6-2)24-25(28-33-27-24)26-23(29)16-32-20-10-7-18(8-11-20)17(3)4/h7-12,15,17H,5-6,13-14,16H2,1-4H3,(H,26,28,29). The molecule has 0 aliphatic heterocycles. The molecular formula is C25H31N3O5. The molecule has 0 saturated carbocycles. The number of nitrogens with one attached hydrogen (secondary N) is 1. The average molecular weight is 454 g/mol. The zero-order valence-electron chi connectivity index (χ0n) is 19.6. The van der Waals surface area contributed by atoms with E-state index in [9.17, 15) is 4.79 Å². The Kier molecular flexibility index (Phi) is 8.69. The topological polar surface area (TPSA) is 95.7 Å². The fourth-order valence-corrected chi connectivity index (χ4v) is 3.04. The van der Waals surface area contributed by atoms with Crippen molar-refractivity contribution in [2.75, 3.05) is 25.1 Å². The third kappa shape index (κ3) is 6.71. The van der Waals surface area contributed by atoms with Crippen LogP contribution in [0, 0.1) is 0 Å². The minimum atomic E-state index is -0.370. The molecule has 8 heteroatoms. The van der Waals surface area contributed by atoms with Crippen molar-refractivity contribution in [3.05, 3.63) is 48.0 Å². The highest BCUT2D eigenvalue weighted by atomic mass is 16.6. The summed E-state index contributed by atoms with van der Waals surface area (Å²) >= 11 is 0. The molecular weight excluding hydrogens is 422 g/mol. The molecule has 2 aromatic carbocycles. The van der Waals surface area contributed by atoms with E-state index in [1.54, 1.807) is 0 Å². The molecule has 0 unspecified atom stereocenters. The van der Waals surface area contributed by atoms with Gasteiger partial charge in [0.25, 0.3) is 5.91 Å². The lowest BCUT2D eigenvalue weighted by Gasteiger charge is -2.13. The lowest BCUT2D eigenvalue weighted by molar-refractivity contribution is -0.118. The molecule has 0 fully saturated rings. The van der Waals surface area contributed by atoms with Crippen LogP contribution in [0.3, 0.4) is 0 Å². The van der Waals surface area contributed by atoms with Crippen LogP contribution in [0.5, 0.6) is 17.2 Å². The Balaban J connectivity index is 1.67. The number of aromatic nitrogens is 2. The summed E-state index contributed by atoms with van der Waals surface area (Å²) in [5.74, 6) is 2.16. The Morgan fingerprint density at radius 1 is 0.939 bits per heavy atom. The number of hydrogen-bond acceptors (Lipinski definition) is 7. The summed E-state index contributed by atoms with van der Waals surface area (Å²) in [6, 6.07) is 13.1. The number of rotatable bonds is 12. The molecule has 1 amide bonds. The van der Waals surface area contributed by atoms with Gasteiger partial charge in [-0.05, 0) is 65.0 Å². The van der Waals surface area contributed by atoms with E-state index in [1.165, 1.54) is 5.56 Å². The van der Waals surface area contributed by atoms with Crippen LogP contribution >= 0.6 is 0 Å². The second kappa shape index (κ2) is 11.9. The highest BCUT2D eigenvalue weighted by Gasteiger charge is 2.18. The molecule has 3 rings (SSSR count). The Labute approximate surface area is 194 Å². The first kappa shape index (κ1) is 24.1. The normalized spacial score (nSPS) is 10.8. The van der Waals surface area contributed by atoms with Gasteiger partial charge in [-0.1, -0.05) is 39.8 Å². The predicted octanol–water partition coefficient (Wildman–Crippen LogP) is 5.46. The van der Waals surface area contributed by atoms with Gasteiger partial charge in [-0.2, -0.15) is 0 Å². The van der Waals surface area contributed by atoms with E-state index in [0.29, 0.717) is 47.6 Å². The van der Waals surface area contributed by atoms with Crippen LogP contribution in [0.15, 0.2) is 47.1 Å². The molecule has 8 nitrogen and oxygen atoms in total. The molecule has 0 aliphatic carbocycles. The monoisotopic (exact) mass is 453 g/mol. The van der Waals surface area contributed by atoms with Crippen molar-refractivity contribution < 1.29 is 23.6 Å². The van der Waals surface area contributed by atoms with Gasteiger partial charge in [-0.25, -0.2) is 4.63 Å². The van der Waals surface area contributed by atoms with Crippen LogP contribution in [0.4, 0.5) is 5.82 Å². The number of amides is 1. The Morgan fingerprint density at radius 2 is 1.64 bits per heavy atom. The van der Waals surface area contributed by atoms with Gasteiger partial charge in [0.15, 0.2) is 23.8 Å². The summed E-state index contributed by atoms with van der Waals surface area (Å²) in [6.07, 6.45) is 1.76. The van der Waals surface area contributed by atoms with Gasteiger partial charge in [-0.3, -0.25) is 4.79 Å². The van der Waals surface area contributed by atoms with Crippen molar-refractivity contribution in [3.63, 3.8) is 0 Å². The summed E-state index contributed by atoms with van der Waals surface area (Å²) in [4.78, 5) is 12.4. The van der Waals surface area contributed by atoms with E-state index in [-0.39, 0.29) is 18.3 Å². The molecule has 33 heavy (non-hydrogen) atoms. The van der Waals surface area contributed by atoms with Gasteiger partial charge in [-0.15, -0.1) is 0 Å². The highest BCUT2D eigenvalue weighted by Crippen LogP contribution is 2.34. The van der Waals surface area contributed by atoms with Crippen LogP contribution in [-0.2, 0) is 4.79 Å². The minimum absolute atomic E-state index is 0.165. The van der Waals surface area contributed by atoms with E-state index >= 15 is 0 Å². The first-order valence-electron chi connectivity index (χ1n) is 11.3. The molecule has 0 spiro atoms. The van der Waals surface area contributed by atoms with Crippen molar-refractivity contribution >= 4 is 11.7 Å². The Bertz CT molecular complexity index is 1030. The Hall–Kier alpha value is -3.55. The molecule has 0 saturated heterocycles. The third-order valence-corrected chi connectivity index (χ3v) is 4.80. The molecule has 176 valence electrons. The first-order valence-corrected chi connectivity index (χ1v) is 11.3. The summed E-state index contributed by atoms with van der Waals surface area (Å²) in [7, 11) is 0. The van der Waals surface area contributed by atoms with Gasteiger partial charge in [0.05, 0.1) is 13.2 Å². The third-order valence-electron chi connectivity index (χ3n) is 4.80. The van der Waals surface area contributed by atoms with E-state index in [1.807, 2.05) is 56.3 Å². The maximum absolute atomic E-state index is 12.4. The summed E-state index contributed by atoms with van der Waals surface area (Å²) in [5.41, 5.74) is 2.29. The SMILES string of the molecule is CCCOc1ccc(-c2nonc2NC(=O)COc2ccc(C(C)C)cc2)cc1OCCC. The smallest absolute Gasteiger partial charge is 0.263 e. The summed E-state index contributed by atoms with van der Waals surface area (Å²) in [6.45, 7) is 9.31. The van der Waals surface area contributed by atoms with Gasteiger partial charge < -0.3 is 19.5 Å². The fourth-order valence-electron chi connectivity index (χ4n) is 3.04.